The lowest BCUT2D eigenvalue weighted by Crippen LogP contribution is -2.44. The normalized spacial score (nSPS) is 18.9. The zero-order chi connectivity index (χ0) is 14.0. The second-order valence-electron chi connectivity index (χ2n) is 5.01. The van der Waals surface area contributed by atoms with Crippen molar-refractivity contribution >= 4 is 21.6 Å². The number of piperidine rings is 1. The predicted molar refractivity (Wildman–Crippen MR) is 76.9 cm³/mol. The Balaban J connectivity index is 2.20. The highest BCUT2D eigenvalue weighted by Gasteiger charge is 2.30. The molecule has 0 saturated carbocycles. The van der Waals surface area contributed by atoms with E-state index in [1.165, 1.54) is 10.4 Å². The van der Waals surface area contributed by atoms with E-state index in [2.05, 4.69) is 11.9 Å². The number of benzene rings is 1. The van der Waals surface area contributed by atoms with Gasteiger partial charge in [0.25, 0.3) is 0 Å². The van der Waals surface area contributed by atoms with Crippen LogP contribution in [0.2, 0.25) is 5.02 Å². The van der Waals surface area contributed by atoms with Crippen molar-refractivity contribution in [2.24, 2.45) is 0 Å². The van der Waals surface area contributed by atoms with Crippen molar-refractivity contribution < 1.29 is 8.42 Å². The molecule has 1 aromatic rings. The van der Waals surface area contributed by atoms with E-state index < -0.39 is 10.0 Å². The molecule has 1 fully saturated rings. The van der Waals surface area contributed by atoms with Crippen LogP contribution >= 0.6 is 11.6 Å². The highest BCUT2D eigenvalue weighted by molar-refractivity contribution is 7.89. The van der Waals surface area contributed by atoms with Gasteiger partial charge in [0.2, 0.25) is 10.0 Å². The third-order valence-corrected chi connectivity index (χ3v) is 5.82. The molecule has 2 rings (SSSR count). The molecule has 19 heavy (non-hydrogen) atoms. The molecule has 4 nitrogen and oxygen atoms in total. The molecule has 6 heteroatoms. The summed E-state index contributed by atoms with van der Waals surface area (Å²) in [6.45, 7) is 1.86. The molecule has 1 heterocycles. The van der Waals surface area contributed by atoms with Crippen LogP contribution in [0.5, 0.6) is 0 Å². The maximum Gasteiger partial charge on any atom is 0.243 e. The Morgan fingerprint density at radius 1 is 1.32 bits per heavy atom. The second-order valence-corrected chi connectivity index (χ2v) is 7.45. The maximum absolute atomic E-state index is 12.5. The quantitative estimate of drug-likeness (QED) is 0.858. The van der Waals surface area contributed by atoms with E-state index >= 15 is 0 Å². The molecule has 1 aliphatic heterocycles. The number of halogens is 1. The number of hydrogen-bond donors (Lipinski definition) is 0. The molecule has 0 aliphatic carbocycles. The lowest BCUT2D eigenvalue weighted by Gasteiger charge is -2.34. The Bertz CT molecular complexity index is 539. The van der Waals surface area contributed by atoms with E-state index in [0.29, 0.717) is 5.02 Å². The molecule has 0 aromatic heterocycles. The molecule has 0 radical (unpaired) electrons. The van der Waals surface area contributed by atoms with Crippen LogP contribution in [-0.4, -0.2) is 50.8 Å². The smallest absolute Gasteiger partial charge is 0.243 e. The average molecular weight is 303 g/mol. The van der Waals surface area contributed by atoms with E-state index in [4.69, 9.17) is 11.6 Å². The molecular weight excluding hydrogens is 284 g/mol. The summed E-state index contributed by atoms with van der Waals surface area (Å²) in [5.74, 6) is 0. The van der Waals surface area contributed by atoms with E-state index in [-0.39, 0.29) is 10.9 Å². The Hall–Kier alpha value is -0.620. The van der Waals surface area contributed by atoms with E-state index in [1.807, 2.05) is 0 Å². The van der Waals surface area contributed by atoms with Gasteiger partial charge in [0, 0.05) is 18.1 Å². The van der Waals surface area contributed by atoms with Gasteiger partial charge in [-0.05, 0) is 51.2 Å². The van der Waals surface area contributed by atoms with Crippen molar-refractivity contribution in [2.75, 3.05) is 27.2 Å². The summed E-state index contributed by atoms with van der Waals surface area (Å²) in [5, 5.41) is 0.442. The van der Waals surface area contributed by atoms with Gasteiger partial charge >= 0.3 is 0 Å². The second kappa shape index (κ2) is 5.79. The fourth-order valence-electron chi connectivity index (χ4n) is 2.35. The first kappa shape index (κ1) is 14.8. The predicted octanol–water partition coefficient (Wildman–Crippen LogP) is 2.05. The van der Waals surface area contributed by atoms with E-state index in [0.717, 1.165) is 25.9 Å². The number of hydrogen-bond acceptors (Lipinski definition) is 3. The van der Waals surface area contributed by atoms with Gasteiger partial charge < -0.3 is 4.90 Å². The molecule has 0 N–H and O–H groups in total. The zero-order valence-corrected chi connectivity index (χ0v) is 12.8. The van der Waals surface area contributed by atoms with Gasteiger partial charge in [-0.1, -0.05) is 17.7 Å². The molecule has 0 atom stereocenters. The minimum absolute atomic E-state index is 0.0696. The summed E-state index contributed by atoms with van der Waals surface area (Å²) in [6.07, 6.45) is 1.74. The van der Waals surface area contributed by atoms with E-state index in [1.54, 1.807) is 25.2 Å². The standard InChI is InChI=1S/C13H19ClN2O2S/c1-15-8-6-12(7-9-15)16(2)19(17,18)13-5-3-4-11(14)10-13/h3-5,10,12H,6-9H2,1-2H3. The summed E-state index contributed by atoms with van der Waals surface area (Å²) < 4.78 is 26.5. The monoisotopic (exact) mass is 302 g/mol. The van der Waals surface area contributed by atoms with Gasteiger partial charge in [-0.3, -0.25) is 0 Å². The molecule has 1 aromatic carbocycles. The fourth-order valence-corrected chi connectivity index (χ4v) is 4.07. The Morgan fingerprint density at radius 2 is 1.95 bits per heavy atom. The van der Waals surface area contributed by atoms with Crippen LogP contribution in [0.25, 0.3) is 0 Å². The van der Waals surface area contributed by atoms with Gasteiger partial charge in [-0.25, -0.2) is 8.42 Å². The van der Waals surface area contributed by atoms with Gasteiger partial charge in [-0.2, -0.15) is 4.31 Å². The van der Waals surface area contributed by atoms with Crippen LogP contribution in [0.3, 0.4) is 0 Å². The SMILES string of the molecule is CN1CCC(N(C)S(=O)(=O)c2cccc(Cl)c2)CC1. The highest BCUT2D eigenvalue weighted by atomic mass is 35.5. The average Bonchev–Trinajstić information content (AvgIpc) is 2.39. The van der Waals surface area contributed by atoms with E-state index in [9.17, 15) is 8.42 Å². The Morgan fingerprint density at radius 3 is 2.53 bits per heavy atom. The Labute approximate surface area is 120 Å². The van der Waals surface area contributed by atoms with Gasteiger partial charge in [0.05, 0.1) is 4.90 Å². The van der Waals surface area contributed by atoms with Crippen LogP contribution < -0.4 is 0 Å². The van der Waals surface area contributed by atoms with Gasteiger partial charge in [-0.15, -0.1) is 0 Å². The largest absolute Gasteiger partial charge is 0.306 e. The molecule has 106 valence electrons. The van der Waals surface area contributed by atoms with Crippen molar-refractivity contribution in [1.82, 2.24) is 9.21 Å². The number of nitrogens with zero attached hydrogens (tertiary/aromatic N) is 2. The van der Waals surface area contributed by atoms with Crippen LogP contribution in [0, 0.1) is 0 Å². The first-order chi connectivity index (χ1) is 8.91. The summed E-state index contributed by atoms with van der Waals surface area (Å²) in [7, 11) is 0.268. The summed E-state index contributed by atoms with van der Waals surface area (Å²) in [6, 6.07) is 6.50. The lowest BCUT2D eigenvalue weighted by atomic mass is 10.1. The van der Waals surface area contributed by atoms with Crippen molar-refractivity contribution in [1.29, 1.82) is 0 Å². The molecule has 1 saturated heterocycles. The van der Waals surface area contributed by atoms with Gasteiger partial charge in [0.1, 0.15) is 0 Å². The number of rotatable bonds is 3. The summed E-state index contributed by atoms with van der Waals surface area (Å²) in [5.41, 5.74) is 0. The number of sulfonamides is 1. The van der Waals surface area contributed by atoms with Crippen molar-refractivity contribution in [3.8, 4) is 0 Å². The molecular formula is C13H19ClN2O2S. The first-order valence-corrected chi connectivity index (χ1v) is 8.15. The van der Waals surface area contributed by atoms with Crippen molar-refractivity contribution in [3.05, 3.63) is 29.3 Å². The minimum atomic E-state index is -3.45. The highest BCUT2D eigenvalue weighted by Crippen LogP contribution is 2.23. The van der Waals surface area contributed by atoms with Crippen molar-refractivity contribution in [2.45, 2.75) is 23.8 Å². The zero-order valence-electron chi connectivity index (χ0n) is 11.2. The van der Waals surface area contributed by atoms with Crippen LogP contribution in [0.15, 0.2) is 29.2 Å². The summed E-state index contributed by atoms with van der Waals surface area (Å²) in [4.78, 5) is 2.48. The van der Waals surface area contributed by atoms with Crippen molar-refractivity contribution in [3.63, 3.8) is 0 Å². The van der Waals surface area contributed by atoms with Gasteiger partial charge in [0.15, 0.2) is 0 Å². The van der Waals surface area contributed by atoms with Crippen LogP contribution in [0.1, 0.15) is 12.8 Å². The lowest BCUT2D eigenvalue weighted by molar-refractivity contribution is 0.197. The minimum Gasteiger partial charge on any atom is -0.306 e. The molecule has 0 amide bonds. The van der Waals surface area contributed by atoms with Crippen LogP contribution in [-0.2, 0) is 10.0 Å². The first-order valence-electron chi connectivity index (χ1n) is 6.33. The molecule has 0 unspecified atom stereocenters. The topological polar surface area (TPSA) is 40.6 Å². The third kappa shape index (κ3) is 3.28. The molecule has 1 aliphatic rings. The fraction of sp³-hybridized carbons (Fsp3) is 0.538. The number of likely N-dealkylation sites (tertiary alicyclic amines) is 1. The summed E-state index contributed by atoms with van der Waals surface area (Å²) >= 11 is 5.87. The molecule has 0 spiro atoms. The maximum atomic E-state index is 12.5. The third-order valence-electron chi connectivity index (χ3n) is 3.68. The molecule has 0 bridgehead atoms. The Kier molecular flexibility index (Phi) is 4.50. The van der Waals surface area contributed by atoms with Crippen LogP contribution in [0.4, 0.5) is 0 Å².